The quantitative estimate of drug-likeness (QED) is 0.818. The lowest BCUT2D eigenvalue weighted by Gasteiger charge is -2.46. The van der Waals surface area contributed by atoms with Crippen LogP contribution in [-0.4, -0.2) is 48.8 Å². The molecular formula is C15H30N2O. The topological polar surface area (TPSA) is 24.5 Å². The maximum atomic E-state index is 6.02. The largest absolute Gasteiger partial charge is 0.370 e. The first-order chi connectivity index (χ1) is 8.25. The van der Waals surface area contributed by atoms with E-state index < -0.39 is 0 Å². The van der Waals surface area contributed by atoms with Crippen LogP contribution in [0.1, 0.15) is 47.5 Å². The van der Waals surface area contributed by atoms with Crippen molar-refractivity contribution < 1.29 is 4.74 Å². The molecule has 1 saturated carbocycles. The maximum absolute atomic E-state index is 6.02. The second-order valence-electron chi connectivity index (χ2n) is 7.48. The number of hydrogen-bond donors (Lipinski definition) is 1. The number of morpholine rings is 1. The third-order valence-corrected chi connectivity index (χ3v) is 4.69. The lowest BCUT2D eigenvalue weighted by atomic mass is 9.86. The van der Waals surface area contributed by atoms with Gasteiger partial charge in [-0.1, -0.05) is 13.8 Å². The van der Waals surface area contributed by atoms with Crippen LogP contribution in [0, 0.1) is 5.41 Å². The Morgan fingerprint density at radius 1 is 1.22 bits per heavy atom. The van der Waals surface area contributed by atoms with Crippen molar-refractivity contribution in [3.8, 4) is 0 Å². The molecule has 1 saturated heterocycles. The molecule has 0 radical (unpaired) electrons. The average Bonchev–Trinajstić information content (AvgIpc) is 2.50. The van der Waals surface area contributed by atoms with Gasteiger partial charge in [0.05, 0.1) is 11.7 Å². The fraction of sp³-hybridized carbons (Fsp3) is 1.00. The van der Waals surface area contributed by atoms with Crippen molar-refractivity contribution in [2.24, 2.45) is 5.41 Å². The number of likely N-dealkylation sites (N-methyl/N-ethyl adjacent to an activating group) is 1. The highest BCUT2D eigenvalue weighted by Gasteiger charge is 2.46. The second-order valence-corrected chi connectivity index (χ2v) is 7.48. The standard InChI is InChI=1S/C15H30N2O/c1-11-9-17(10-15(4,5)18-11)12-7-8-14(2,3)13(12)16-6/h11-13,16H,7-10H2,1-6H3. The smallest absolute Gasteiger partial charge is 0.0757 e. The summed E-state index contributed by atoms with van der Waals surface area (Å²) in [5.74, 6) is 0. The first kappa shape index (κ1) is 14.3. The van der Waals surface area contributed by atoms with Crippen molar-refractivity contribution >= 4 is 0 Å². The van der Waals surface area contributed by atoms with Crippen molar-refractivity contribution in [2.45, 2.75) is 71.2 Å². The fourth-order valence-electron chi connectivity index (χ4n) is 4.10. The van der Waals surface area contributed by atoms with Crippen molar-refractivity contribution in [1.29, 1.82) is 0 Å². The molecule has 0 aromatic carbocycles. The molecule has 2 fully saturated rings. The molecular weight excluding hydrogens is 224 g/mol. The molecule has 2 rings (SSSR count). The van der Waals surface area contributed by atoms with Gasteiger partial charge in [-0.15, -0.1) is 0 Å². The van der Waals surface area contributed by atoms with E-state index in [-0.39, 0.29) is 5.60 Å². The number of hydrogen-bond acceptors (Lipinski definition) is 3. The molecule has 1 aliphatic heterocycles. The number of nitrogens with zero attached hydrogens (tertiary/aromatic N) is 1. The number of rotatable bonds is 2. The molecule has 3 atom stereocenters. The van der Waals surface area contributed by atoms with Crippen molar-refractivity contribution in [2.75, 3.05) is 20.1 Å². The van der Waals surface area contributed by atoms with Gasteiger partial charge in [0, 0.05) is 25.2 Å². The zero-order valence-corrected chi connectivity index (χ0v) is 12.9. The summed E-state index contributed by atoms with van der Waals surface area (Å²) in [6.45, 7) is 13.5. The molecule has 2 aliphatic rings. The highest BCUT2D eigenvalue weighted by molar-refractivity contribution is 5.02. The molecule has 3 unspecified atom stereocenters. The molecule has 0 aromatic heterocycles. The van der Waals surface area contributed by atoms with Gasteiger partial charge >= 0.3 is 0 Å². The third-order valence-electron chi connectivity index (χ3n) is 4.69. The van der Waals surface area contributed by atoms with Crippen LogP contribution in [0.25, 0.3) is 0 Å². The minimum atomic E-state index is -0.0112. The number of nitrogens with one attached hydrogen (secondary N) is 1. The molecule has 0 spiro atoms. The Bertz CT molecular complexity index is 301. The van der Waals surface area contributed by atoms with E-state index in [1.165, 1.54) is 12.8 Å². The maximum Gasteiger partial charge on any atom is 0.0757 e. The van der Waals surface area contributed by atoms with Gasteiger partial charge in [0.15, 0.2) is 0 Å². The lowest BCUT2D eigenvalue weighted by Crippen LogP contribution is -2.59. The lowest BCUT2D eigenvalue weighted by molar-refractivity contribution is -0.139. The van der Waals surface area contributed by atoms with E-state index >= 15 is 0 Å². The average molecular weight is 254 g/mol. The minimum absolute atomic E-state index is 0.0112. The van der Waals surface area contributed by atoms with Gasteiger partial charge in [0.25, 0.3) is 0 Å². The van der Waals surface area contributed by atoms with Gasteiger partial charge in [0.1, 0.15) is 0 Å². The van der Waals surface area contributed by atoms with E-state index in [1.807, 2.05) is 0 Å². The van der Waals surface area contributed by atoms with Gasteiger partial charge in [-0.05, 0) is 46.1 Å². The highest BCUT2D eigenvalue weighted by atomic mass is 16.5. The van der Waals surface area contributed by atoms with Crippen molar-refractivity contribution in [1.82, 2.24) is 10.2 Å². The van der Waals surface area contributed by atoms with Crippen LogP contribution in [0.15, 0.2) is 0 Å². The van der Waals surface area contributed by atoms with Crippen LogP contribution in [0.4, 0.5) is 0 Å². The SMILES string of the molecule is CNC1C(N2CC(C)OC(C)(C)C2)CCC1(C)C. The van der Waals surface area contributed by atoms with Gasteiger partial charge in [-0.3, -0.25) is 4.90 Å². The first-order valence-corrected chi connectivity index (χ1v) is 7.34. The van der Waals surface area contributed by atoms with Gasteiger partial charge < -0.3 is 10.1 Å². The molecule has 0 aromatic rings. The van der Waals surface area contributed by atoms with Crippen LogP contribution < -0.4 is 5.32 Å². The first-order valence-electron chi connectivity index (χ1n) is 7.34. The molecule has 18 heavy (non-hydrogen) atoms. The summed E-state index contributed by atoms with van der Waals surface area (Å²) in [5, 5.41) is 3.56. The van der Waals surface area contributed by atoms with E-state index in [1.54, 1.807) is 0 Å². The molecule has 0 bridgehead atoms. The Morgan fingerprint density at radius 2 is 1.89 bits per heavy atom. The Balaban J connectivity index is 2.12. The van der Waals surface area contributed by atoms with Crippen molar-refractivity contribution in [3.05, 3.63) is 0 Å². The van der Waals surface area contributed by atoms with E-state index in [2.05, 4.69) is 51.9 Å². The van der Waals surface area contributed by atoms with Gasteiger partial charge in [-0.25, -0.2) is 0 Å². The van der Waals surface area contributed by atoms with Crippen molar-refractivity contribution in [3.63, 3.8) is 0 Å². The summed E-state index contributed by atoms with van der Waals surface area (Å²) < 4.78 is 6.02. The normalized spacial score (nSPS) is 40.0. The predicted octanol–water partition coefficient (Wildman–Crippen LogP) is 2.26. The summed E-state index contributed by atoms with van der Waals surface area (Å²) in [4.78, 5) is 2.66. The Kier molecular flexibility index (Phi) is 3.79. The fourth-order valence-corrected chi connectivity index (χ4v) is 4.10. The van der Waals surface area contributed by atoms with Crippen LogP contribution in [0.5, 0.6) is 0 Å². The highest BCUT2D eigenvalue weighted by Crippen LogP contribution is 2.41. The Hall–Kier alpha value is -0.120. The number of ether oxygens (including phenoxy) is 1. The summed E-state index contributed by atoms with van der Waals surface area (Å²) in [5.41, 5.74) is 0.397. The molecule has 0 amide bonds. The van der Waals surface area contributed by atoms with E-state index in [4.69, 9.17) is 4.74 Å². The summed E-state index contributed by atoms with van der Waals surface area (Å²) >= 11 is 0. The van der Waals surface area contributed by atoms with E-state index in [0.717, 1.165) is 13.1 Å². The van der Waals surface area contributed by atoms with Crippen LogP contribution >= 0.6 is 0 Å². The molecule has 106 valence electrons. The monoisotopic (exact) mass is 254 g/mol. The summed E-state index contributed by atoms with van der Waals surface area (Å²) in [6.07, 6.45) is 2.96. The third kappa shape index (κ3) is 2.73. The zero-order chi connectivity index (χ0) is 13.6. The molecule has 1 N–H and O–H groups in total. The van der Waals surface area contributed by atoms with E-state index in [9.17, 15) is 0 Å². The molecule has 1 heterocycles. The van der Waals surface area contributed by atoms with Crippen LogP contribution in [0.3, 0.4) is 0 Å². The van der Waals surface area contributed by atoms with Gasteiger partial charge in [0.2, 0.25) is 0 Å². The van der Waals surface area contributed by atoms with Crippen LogP contribution in [-0.2, 0) is 4.74 Å². The molecule has 3 nitrogen and oxygen atoms in total. The Labute approximate surface area is 112 Å². The van der Waals surface area contributed by atoms with Gasteiger partial charge in [-0.2, -0.15) is 0 Å². The zero-order valence-electron chi connectivity index (χ0n) is 12.9. The second kappa shape index (κ2) is 4.77. The molecule has 1 aliphatic carbocycles. The summed E-state index contributed by atoms with van der Waals surface area (Å²) in [7, 11) is 2.11. The minimum Gasteiger partial charge on any atom is -0.370 e. The Morgan fingerprint density at radius 3 is 2.44 bits per heavy atom. The summed E-state index contributed by atoms with van der Waals surface area (Å²) in [6, 6.07) is 1.26. The van der Waals surface area contributed by atoms with E-state index in [0.29, 0.717) is 23.6 Å². The predicted molar refractivity (Wildman–Crippen MR) is 75.8 cm³/mol. The van der Waals surface area contributed by atoms with Crippen LogP contribution in [0.2, 0.25) is 0 Å². The molecule has 3 heteroatoms.